The standard InChI is InChI=1S/C35H34N6O4S2/c1-22-7-5-8-29(23(22)2)40-32(20-36-34(43)31-9-6-18-46-31)37-38-35(40)47-21-33(42)41-30(25-12-16-27(45-4)17-13-25)19-28(39-41)24-10-14-26(44-3)15-11-24/h5-18,30H,19-21H2,1-4H3,(H,36,43)/t30-/m1/s1. The maximum atomic E-state index is 14.0. The lowest BCUT2D eigenvalue weighted by Gasteiger charge is -2.22. The number of hydrazone groups is 1. The van der Waals surface area contributed by atoms with E-state index in [1.165, 1.54) is 23.1 Å². The van der Waals surface area contributed by atoms with E-state index in [9.17, 15) is 9.59 Å². The number of aryl methyl sites for hydroxylation is 1. The van der Waals surface area contributed by atoms with Crippen molar-refractivity contribution in [1.29, 1.82) is 0 Å². The number of carbonyl (C=O) groups is 2. The molecule has 0 saturated heterocycles. The minimum absolute atomic E-state index is 0.0800. The SMILES string of the molecule is COc1ccc(C2=NN(C(=O)CSc3nnc(CNC(=O)c4cccs4)n3-c3cccc(C)c3C)[C@@H](c3ccc(OC)cc3)C2)cc1. The molecular formula is C35H34N6O4S2. The Morgan fingerprint density at radius 2 is 1.66 bits per heavy atom. The Balaban J connectivity index is 1.27. The summed E-state index contributed by atoms with van der Waals surface area (Å²) in [6.45, 7) is 4.26. The average Bonchev–Trinajstić information content (AvgIpc) is 3.88. The van der Waals surface area contributed by atoms with Crippen LogP contribution < -0.4 is 14.8 Å². The maximum Gasteiger partial charge on any atom is 0.261 e. The summed E-state index contributed by atoms with van der Waals surface area (Å²) < 4.78 is 12.6. The molecule has 240 valence electrons. The Morgan fingerprint density at radius 3 is 2.34 bits per heavy atom. The first-order valence-electron chi connectivity index (χ1n) is 15.0. The number of benzene rings is 3. The fourth-order valence-electron chi connectivity index (χ4n) is 5.36. The van der Waals surface area contributed by atoms with Crippen molar-refractivity contribution >= 4 is 40.6 Å². The van der Waals surface area contributed by atoms with Crippen molar-refractivity contribution < 1.29 is 19.1 Å². The van der Waals surface area contributed by atoms with Gasteiger partial charge in [0.15, 0.2) is 11.0 Å². The Hall–Kier alpha value is -4.94. The van der Waals surface area contributed by atoms with E-state index in [1.807, 2.05) is 96.6 Å². The van der Waals surface area contributed by atoms with Crippen LogP contribution in [0.2, 0.25) is 0 Å². The second-order valence-corrected chi connectivity index (χ2v) is 12.8. The second kappa shape index (κ2) is 14.2. The topological polar surface area (TPSA) is 111 Å². The first-order chi connectivity index (χ1) is 22.9. The average molecular weight is 667 g/mol. The number of thioether (sulfide) groups is 1. The lowest BCUT2D eigenvalue weighted by molar-refractivity contribution is -0.130. The van der Waals surface area contributed by atoms with E-state index >= 15 is 0 Å². The van der Waals surface area contributed by atoms with Gasteiger partial charge in [0.25, 0.3) is 11.8 Å². The van der Waals surface area contributed by atoms with Crippen LogP contribution in [0.4, 0.5) is 0 Å². The molecule has 1 aliphatic heterocycles. The molecule has 2 amide bonds. The number of amides is 2. The molecule has 2 aromatic heterocycles. The van der Waals surface area contributed by atoms with E-state index < -0.39 is 0 Å². The molecule has 0 spiro atoms. The van der Waals surface area contributed by atoms with Crippen LogP contribution in [0.1, 0.15) is 50.2 Å². The van der Waals surface area contributed by atoms with Gasteiger partial charge in [0.05, 0.1) is 48.8 Å². The van der Waals surface area contributed by atoms with Crippen molar-refractivity contribution in [2.24, 2.45) is 5.10 Å². The Labute approximate surface area is 281 Å². The molecular weight excluding hydrogens is 633 g/mol. The number of rotatable bonds is 11. The Kier molecular flexibility index (Phi) is 9.69. The van der Waals surface area contributed by atoms with Crippen LogP contribution in [0.5, 0.6) is 11.5 Å². The van der Waals surface area contributed by atoms with Gasteiger partial charge >= 0.3 is 0 Å². The predicted octanol–water partition coefficient (Wildman–Crippen LogP) is 6.36. The number of hydrogen-bond acceptors (Lipinski definition) is 9. The van der Waals surface area contributed by atoms with Gasteiger partial charge in [-0.3, -0.25) is 14.2 Å². The molecule has 12 heteroatoms. The number of aromatic nitrogens is 3. The van der Waals surface area contributed by atoms with Crippen molar-refractivity contribution in [3.05, 3.63) is 117 Å². The molecule has 1 N–H and O–H groups in total. The summed E-state index contributed by atoms with van der Waals surface area (Å²) in [6.07, 6.45) is 0.557. The van der Waals surface area contributed by atoms with Gasteiger partial charge in [-0.05, 0) is 90.0 Å². The highest BCUT2D eigenvalue weighted by Gasteiger charge is 2.33. The molecule has 0 bridgehead atoms. The highest BCUT2D eigenvalue weighted by molar-refractivity contribution is 7.99. The number of nitrogens with zero attached hydrogens (tertiary/aromatic N) is 5. The third-order valence-electron chi connectivity index (χ3n) is 8.08. The number of methoxy groups -OCH3 is 2. The molecule has 0 radical (unpaired) electrons. The zero-order valence-electron chi connectivity index (χ0n) is 26.5. The molecule has 6 rings (SSSR count). The summed E-state index contributed by atoms with van der Waals surface area (Å²) in [5, 5.41) is 20.7. The van der Waals surface area contributed by atoms with E-state index in [0.29, 0.717) is 22.3 Å². The van der Waals surface area contributed by atoms with Gasteiger partial charge in [-0.25, -0.2) is 5.01 Å². The minimum atomic E-state index is -0.286. The largest absolute Gasteiger partial charge is 0.497 e. The highest BCUT2D eigenvalue weighted by Crippen LogP contribution is 2.35. The van der Waals surface area contributed by atoms with Crippen LogP contribution in [0.15, 0.2) is 94.5 Å². The lowest BCUT2D eigenvalue weighted by atomic mass is 9.98. The number of nitrogens with one attached hydrogen (secondary N) is 1. The summed E-state index contributed by atoms with van der Waals surface area (Å²) in [5.41, 5.74) is 5.75. The summed E-state index contributed by atoms with van der Waals surface area (Å²) in [5.74, 6) is 1.80. The van der Waals surface area contributed by atoms with E-state index in [2.05, 4.69) is 15.5 Å². The molecule has 0 unspecified atom stereocenters. The maximum absolute atomic E-state index is 14.0. The van der Waals surface area contributed by atoms with E-state index in [0.717, 1.165) is 45.2 Å². The molecule has 47 heavy (non-hydrogen) atoms. The highest BCUT2D eigenvalue weighted by atomic mass is 32.2. The molecule has 3 heterocycles. The summed E-state index contributed by atoms with van der Waals surface area (Å²) in [6, 6.07) is 24.8. The number of ether oxygens (including phenoxy) is 2. The number of hydrogen-bond donors (Lipinski definition) is 1. The van der Waals surface area contributed by atoms with Gasteiger partial charge in [0.1, 0.15) is 11.5 Å². The number of thiophene rings is 1. The first-order valence-corrected chi connectivity index (χ1v) is 16.9. The van der Waals surface area contributed by atoms with Gasteiger partial charge in [0, 0.05) is 6.42 Å². The van der Waals surface area contributed by atoms with Gasteiger partial charge < -0.3 is 14.8 Å². The van der Waals surface area contributed by atoms with Crippen LogP contribution in [0.25, 0.3) is 5.69 Å². The summed E-state index contributed by atoms with van der Waals surface area (Å²) in [7, 11) is 3.26. The fourth-order valence-corrected chi connectivity index (χ4v) is 6.81. The Morgan fingerprint density at radius 1 is 0.936 bits per heavy atom. The van der Waals surface area contributed by atoms with Crippen LogP contribution >= 0.6 is 23.1 Å². The third kappa shape index (κ3) is 6.93. The Bertz CT molecular complexity index is 1900. The van der Waals surface area contributed by atoms with Crippen LogP contribution in [-0.2, 0) is 11.3 Å². The van der Waals surface area contributed by atoms with Crippen molar-refractivity contribution in [2.45, 2.75) is 38.0 Å². The van der Waals surface area contributed by atoms with E-state index in [-0.39, 0.29) is 30.2 Å². The van der Waals surface area contributed by atoms with Crippen LogP contribution in [0.3, 0.4) is 0 Å². The second-order valence-electron chi connectivity index (χ2n) is 10.9. The molecule has 1 atom stereocenters. The summed E-state index contributed by atoms with van der Waals surface area (Å²) in [4.78, 5) is 27.3. The van der Waals surface area contributed by atoms with Crippen LogP contribution in [-0.4, -0.2) is 57.3 Å². The number of carbonyl (C=O) groups excluding carboxylic acids is 2. The van der Waals surface area contributed by atoms with Gasteiger partial charge in [-0.15, -0.1) is 21.5 Å². The quantitative estimate of drug-likeness (QED) is 0.163. The monoisotopic (exact) mass is 666 g/mol. The summed E-state index contributed by atoms with van der Waals surface area (Å²) >= 11 is 2.67. The zero-order valence-corrected chi connectivity index (χ0v) is 28.1. The van der Waals surface area contributed by atoms with E-state index in [4.69, 9.17) is 14.6 Å². The molecule has 3 aromatic carbocycles. The molecule has 10 nitrogen and oxygen atoms in total. The van der Waals surface area contributed by atoms with Gasteiger partial charge in [-0.2, -0.15) is 5.10 Å². The molecule has 1 aliphatic rings. The van der Waals surface area contributed by atoms with Crippen molar-refractivity contribution in [3.8, 4) is 17.2 Å². The van der Waals surface area contributed by atoms with Gasteiger partial charge in [-0.1, -0.05) is 42.1 Å². The fraction of sp³-hybridized carbons (Fsp3) is 0.229. The lowest BCUT2D eigenvalue weighted by Crippen LogP contribution is -2.28. The normalized spacial score (nSPS) is 14.2. The zero-order chi connectivity index (χ0) is 32.9. The van der Waals surface area contributed by atoms with Crippen molar-refractivity contribution in [2.75, 3.05) is 20.0 Å². The van der Waals surface area contributed by atoms with Gasteiger partial charge in [0.2, 0.25) is 0 Å². The molecule has 0 fully saturated rings. The smallest absolute Gasteiger partial charge is 0.261 e. The van der Waals surface area contributed by atoms with Crippen molar-refractivity contribution in [3.63, 3.8) is 0 Å². The predicted molar refractivity (Wildman–Crippen MR) is 184 cm³/mol. The third-order valence-corrected chi connectivity index (χ3v) is 9.87. The van der Waals surface area contributed by atoms with E-state index in [1.54, 1.807) is 25.3 Å². The minimum Gasteiger partial charge on any atom is -0.497 e. The molecule has 0 aliphatic carbocycles. The molecule has 0 saturated carbocycles. The molecule has 5 aromatic rings. The van der Waals surface area contributed by atoms with Crippen molar-refractivity contribution in [1.82, 2.24) is 25.1 Å². The first kappa shape index (κ1) is 32.0. The van der Waals surface area contributed by atoms with Crippen LogP contribution in [0, 0.1) is 13.8 Å².